The van der Waals surface area contributed by atoms with E-state index in [2.05, 4.69) is 10.2 Å². The molecule has 7 nitrogen and oxygen atoms in total. The fourth-order valence-electron chi connectivity index (χ4n) is 3.02. The number of amides is 1. The van der Waals surface area contributed by atoms with Crippen molar-refractivity contribution in [2.24, 2.45) is 0 Å². The van der Waals surface area contributed by atoms with E-state index in [9.17, 15) is 13.2 Å². The number of nitrogens with one attached hydrogen (secondary N) is 1. The molecule has 1 N–H and O–H groups in total. The number of ether oxygens (including phenoxy) is 1. The Balaban J connectivity index is 1.65. The van der Waals surface area contributed by atoms with E-state index in [1.165, 1.54) is 21.3 Å². The van der Waals surface area contributed by atoms with Crippen molar-refractivity contribution in [1.29, 1.82) is 0 Å². The van der Waals surface area contributed by atoms with E-state index in [4.69, 9.17) is 4.74 Å². The summed E-state index contributed by atoms with van der Waals surface area (Å²) < 4.78 is 31.9. The van der Waals surface area contributed by atoms with Crippen LogP contribution in [0.3, 0.4) is 0 Å². The van der Waals surface area contributed by atoms with E-state index < -0.39 is 10.0 Å². The fourth-order valence-corrected chi connectivity index (χ4v) is 5.35. The molecule has 0 aliphatic carbocycles. The van der Waals surface area contributed by atoms with Crippen molar-refractivity contribution in [2.75, 3.05) is 46.9 Å². The lowest BCUT2D eigenvalue weighted by atomic mass is 10.2. The Hall–Kier alpha value is -1.78. The van der Waals surface area contributed by atoms with Crippen molar-refractivity contribution < 1.29 is 17.9 Å². The van der Waals surface area contributed by atoms with Crippen molar-refractivity contribution in [1.82, 2.24) is 14.5 Å². The third-order valence-electron chi connectivity index (χ3n) is 4.68. The molecule has 1 aliphatic rings. The number of likely N-dealkylation sites (N-methyl/N-ethyl adjacent to an activating group) is 1. The van der Waals surface area contributed by atoms with E-state index in [0.29, 0.717) is 38.4 Å². The van der Waals surface area contributed by atoms with Gasteiger partial charge in [-0.05, 0) is 49.8 Å². The lowest BCUT2D eigenvalue weighted by molar-refractivity contribution is 0.0730. The van der Waals surface area contributed by atoms with Crippen LogP contribution in [0.25, 0.3) is 0 Å². The lowest BCUT2D eigenvalue weighted by Gasteiger charge is -2.26. The summed E-state index contributed by atoms with van der Waals surface area (Å²) in [7, 11) is 0.393. The summed E-state index contributed by atoms with van der Waals surface area (Å²) >= 11 is 1.65. The Bertz CT molecular complexity index is 874. The van der Waals surface area contributed by atoms with Gasteiger partial charge in [0.15, 0.2) is 0 Å². The zero-order valence-corrected chi connectivity index (χ0v) is 17.6. The van der Waals surface area contributed by atoms with E-state index >= 15 is 0 Å². The molecule has 1 saturated heterocycles. The van der Waals surface area contributed by atoms with Crippen LogP contribution in [0, 0.1) is 0 Å². The molecule has 0 spiro atoms. The van der Waals surface area contributed by atoms with E-state index in [0.717, 1.165) is 0 Å². The molecule has 3 rings (SSSR count). The first-order valence-electron chi connectivity index (χ1n) is 9.05. The molecule has 28 heavy (non-hydrogen) atoms. The number of thiophene rings is 1. The van der Waals surface area contributed by atoms with Crippen molar-refractivity contribution in [2.45, 2.75) is 10.9 Å². The van der Waals surface area contributed by atoms with Gasteiger partial charge in [0, 0.05) is 30.1 Å². The molecule has 2 heterocycles. The smallest absolute Gasteiger partial charge is 0.251 e. The van der Waals surface area contributed by atoms with Crippen LogP contribution in [0.15, 0.2) is 46.7 Å². The van der Waals surface area contributed by atoms with E-state index in [1.54, 1.807) is 23.5 Å². The van der Waals surface area contributed by atoms with Gasteiger partial charge in [0.05, 0.1) is 24.2 Å². The quantitative estimate of drug-likeness (QED) is 0.735. The molecular weight excluding hydrogens is 398 g/mol. The van der Waals surface area contributed by atoms with Crippen LogP contribution in [0.5, 0.6) is 0 Å². The molecule has 0 bridgehead atoms. The summed E-state index contributed by atoms with van der Waals surface area (Å²) in [5.74, 6) is -0.223. The van der Waals surface area contributed by atoms with Gasteiger partial charge in [-0.25, -0.2) is 8.42 Å². The van der Waals surface area contributed by atoms with Crippen LogP contribution < -0.4 is 5.32 Å². The molecule has 2 aromatic rings. The van der Waals surface area contributed by atoms with Gasteiger partial charge in [-0.3, -0.25) is 4.79 Å². The SMILES string of the molecule is CN(C)[C@H](CNC(=O)c1ccc(S(=O)(=O)N2CCOCC2)cc1)c1cccs1. The molecule has 1 fully saturated rings. The lowest BCUT2D eigenvalue weighted by Crippen LogP contribution is -2.40. The van der Waals surface area contributed by atoms with Gasteiger partial charge in [0.2, 0.25) is 10.0 Å². The summed E-state index contributed by atoms with van der Waals surface area (Å²) in [4.78, 5) is 15.9. The van der Waals surface area contributed by atoms with Gasteiger partial charge in [-0.15, -0.1) is 11.3 Å². The van der Waals surface area contributed by atoms with Gasteiger partial charge in [0.1, 0.15) is 0 Å². The van der Waals surface area contributed by atoms with Gasteiger partial charge < -0.3 is 15.0 Å². The van der Waals surface area contributed by atoms with Crippen LogP contribution >= 0.6 is 11.3 Å². The highest BCUT2D eigenvalue weighted by Crippen LogP contribution is 2.22. The number of sulfonamides is 1. The first kappa shape index (κ1) is 20.9. The van der Waals surface area contributed by atoms with E-state index in [-0.39, 0.29) is 16.8 Å². The van der Waals surface area contributed by atoms with Crippen molar-refractivity contribution in [3.05, 3.63) is 52.2 Å². The minimum atomic E-state index is -3.55. The van der Waals surface area contributed by atoms with Crippen molar-refractivity contribution in [3.8, 4) is 0 Å². The summed E-state index contributed by atoms with van der Waals surface area (Å²) in [6.07, 6.45) is 0. The molecule has 9 heteroatoms. The second-order valence-corrected chi connectivity index (χ2v) is 9.66. The predicted octanol–water partition coefficient (Wildman–Crippen LogP) is 1.80. The second-order valence-electron chi connectivity index (χ2n) is 6.75. The van der Waals surface area contributed by atoms with E-state index in [1.807, 2.05) is 31.6 Å². The highest BCUT2D eigenvalue weighted by atomic mass is 32.2. The Kier molecular flexibility index (Phi) is 6.84. The van der Waals surface area contributed by atoms with Crippen LogP contribution in [-0.4, -0.2) is 70.5 Å². The number of hydrogen-bond acceptors (Lipinski definition) is 6. The standard InChI is InChI=1S/C19H25N3O4S2/c1-21(2)17(18-4-3-13-27-18)14-20-19(23)15-5-7-16(8-6-15)28(24,25)22-9-11-26-12-10-22/h3-8,13,17H,9-12,14H2,1-2H3,(H,20,23)/t17-/m1/s1. The Morgan fingerprint density at radius 2 is 1.89 bits per heavy atom. The third kappa shape index (κ3) is 4.79. The molecule has 152 valence electrons. The van der Waals surface area contributed by atoms with Gasteiger partial charge >= 0.3 is 0 Å². The predicted molar refractivity (Wildman–Crippen MR) is 109 cm³/mol. The maximum absolute atomic E-state index is 12.7. The fraction of sp³-hybridized carbons (Fsp3) is 0.421. The summed E-state index contributed by atoms with van der Waals surface area (Å²) in [5, 5.41) is 4.96. The van der Waals surface area contributed by atoms with Gasteiger partial charge in [-0.2, -0.15) is 4.31 Å². The van der Waals surface area contributed by atoms with Gasteiger partial charge in [-0.1, -0.05) is 6.07 Å². The molecule has 1 atom stereocenters. The molecule has 1 amide bonds. The van der Waals surface area contributed by atoms with Crippen molar-refractivity contribution >= 4 is 27.3 Å². The summed E-state index contributed by atoms with van der Waals surface area (Å²) in [6.45, 7) is 1.96. The Morgan fingerprint density at radius 1 is 1.21 bits per heavy atom. The molecular formula is C19H25N3O4S2. The molecule has 0 unspecified atom stereocenters. The minimum absolute atomic E-state index is 0.0879. The number of morpholine rings is 1. The average molecular weight is 424 g/mol. The number of carbonyl (C=O) groups is 1. The van der Waals surface area contributed by atoms with Crippen LogP contribution in [-0.2, 0) is 14.8 Å². The molecule has 1 aromatic heterocycles. The average Bonchev–Trinajstić information content (AvgIpc) is 3.23. The largest absolute Gasteiger partial charge is 0.379 e. The number of nitrogens with zero attached hydrogens (tertiary/aromatic N) is 2. The normalized spacial score (nSPS) is 16.8. The topological polar surface area (TPSA) is 79.0 Å². The van der Waals surface area contributed by atoms with Crippen LogP contribution in [0.4, 0.5) is 0 Å². The van der Waals surface area contributed by atoms with Crippen LogP contribution in [0.2, 0.25) is 0 Å². The number of benzene rings is 1. The zero-order valence-electron chi connectivity index (χ0n) is 16.0. The monoisotopic (exact) mass is 423 g/mol. The molecule has 1 aromatic carbocycles. The number of rotatable bonds is 7. The van der Waals surface area contributed by atoms with Crippen molar-refractivity contribution in [3.63, 3.8) is 0 Å². The first-order valence-corrected chi connectivity index (χ1v) is 11.4. The Labute approximate surface area is 170 Å². The maximum Gasteiger partial charge on any atom is 0.251 e. The molecule has 1 aliphatic heterocycles. The highest BCUT2D eigenvalue weighted by Gasteiger charge is 2.26. The maximum atomic E-state index is 12.7. The third-order valence-corrected chi connectivity index (χ3v) is 7.56. The first-order chi connectivity index (χ1) is 13.4. The summed E-state index contributed by atoms with van der Waals surface area (Å²) in [6, 6.07) is 10.2. The van der Waals surface area contributed by atoms with Gasteiger partial charge in [0.25, 0.3) is 5.91 Å². The summed E-state index contributed by atoms with van der Waals surface area (Å²) in [5.41, 5.74) is 0.435. The highest BCUT2D eigenvalue weighted by molar-refractivity contribution is 7.89. The molecule has 0 saturated carbocycles. The number of carbonyl (C=O) groups excluding carboxylic acids is 1. The number of hydrogen-bond donors (Lipinski definition) is 1. The second kappa shape index (κ2) is 9.15. The zero-order chi connectivity index (χ0) is 20.1. The van der Waals surface area contributed by atoms with Crippen LogP contribution in [0.1, 0.15) is 21.3 Å². The minimum Gasteiger partial charge on any atom is -0.379 e. The molecule has 0 radical (unpaired) electrons. The Morgan fingerprint density at radius 3 is 2.46 bits per heavy atom.